The van der Waals surface area contributed by atoms with Gasteiger partial charge in [-0.1, -0.05) is 41.4 Å². The third-order valence-corrected chi connectivity index (χ3v) is 3.81. The summed E-state index contributed by atoms with van der Waals surface area (Å²) in [6.45, 7) is 0.554. The first kappa shape index (κ1) is 14.2. The van der Waals surface area contributed by atoms with Crippen LogP contribution in [0.4, 0.5) is 0 Å². The molecule has 1 aliphatic heterocycles. The maximum absolute atomic E-state index is 12.3. The molecule has 108 valence electrons. The van der Waals surface area contributed by atoms with Crippen LogP contribution in [-0.2, 0) is 0 Å². The van der Waals surface area contributed by atoms with Gasteiger partial charge in [0.05, 0.1) is 17.7 Å². The smallest absolute Gasteiger partial charge is 0.271 e. The number of nitrogens with one attached hydrogen (secondary N) is 1. The summed E-state index contributed by atoms with van der Waals surface area (Å²) in [6.07, 6.45) is 0.695. The van der Waals surface area contributed by atoms with Gasteiger partial charge >= 0.3 is 0 Å². The molecule has 0 saturated carbocycles. The molecule has 0 spiro atoms. The molecule has 4 nitrogen and oxygen atoms in total. The number of pyridine rings is 1. The largest absolute Gasteiger partial charge is 0.493 e. The van der Waals surface area contributed by atoms with Crippen LogP contribution in [0.2, 0.25) is 10.2 Å². The van der Waals surface area contributed by atoms with Crippen molar-refractivity contribution in [3.05, 3.63) is 57.8 Å². The van der Waals surface area contributed by atoms with Crippen molar-refractivity contribution in [2.75, 3.05) is 6.61 Å². The number of ether oxygens (including phenoxy) is 1. The van der Waals surface area contributed by atoms with Crippen molar-refractivity contribution in [1.29, 1.82) is 0 Å². The Labute approximate surface area is 132 Å². The van der Waals surface area contributed by atoms with Crippen molar-refractivity contribution in [2.45, 2.75) is 12.5 Å². The molecule has 21 heavy (non-hydrogen) atoms. The Balaban J connectivity index is 1.84. The quantitative estimate of drug-likeness (QED) is 0.859. The molecular formula is C15H12Cl2N2O2. The lowest BCUT2D eigenvalue weighted by Gasteiger charge is -2.26. The molecule has 1 aromatic carbocycles. The van der Waals surface area contributed by atoms with Gasteiger partial charge in [-0.2, -0.15) is 0 Å². The summed E-state index contributed by atoms with van der Waals surface area (Å²) in [5, 5.41) is 3.44. The van der Waals surface area contributed by atoms with Crippen molar-refractivity contribution in [2.24, 2.45) is 0 Å². The number of fused-ring (bicyclic) bond motifs is 1. The molecule has 0 radical (unpaired) electrons. The maximum Gasteiger partial charge on any atom is 0.271 e. The maximum atomic E-state index is 12.3. The zero-order valence-electron chi connectivity index (χ0n) is 11.0. The zero-order valence-corrected chi connectivity index (χ0v) is 12.5. The highest BCUT2D eigenvalue weighted by Gasteiger charge is 2.24. The Bertz CT molecular complexity index is 691. The van der Waals surface area contributed by atoms with Gasteiger partial charge in [-0.3, -0.25) is 4.79 Å². The van der Waals surface area contributed by atoms with E-state index in [4.69, 9.17) is 27.9 Å². The molecule has 0 saturated heterocycles. The van der Waals surface area contributed by atoms with Crippen molar-refractivity contribution in [3.63, 3.8) is 0 Å². The lowest BCUT2D eigenvalue weighted by molar-refractivity contribution is 0.0920. The molecule has 1 amide bonds. The molecule has 2 heterocycles. The van der Waals surface area contributed by atoms with E-state index in [1.807, 2.05) is 24.3 Å². The molecule has 3 rings (SSSR count). The highest BCUT2D eigenvalue weighted by Crippen LogP contribution is 2.31. The standard InChI is InChI=1S/C15H12Cl2N2O2/c16-10-5-6-13(17)19-14(10)15(20)18-11-7-8-21-12-4-2-1-3-9(11)12/h1-6,11H,7-8H2,(H,18,20). The van der Waals surface area contributed by atoms with E-state index >= 15 is 0 Å². The first-order valence-electron chi connectivity index (χ1n) is 6.50. The van der Waals surface area contributed by atoms with E-state index in [9.17, 15) is 4.79 Å². The fourth-order valence-corrected chi connectivity index (χ4v) is 2.63. The Hall–Kier alpha value is -1.78. The molecule has 1 aliphatic rings. The SMILES string of the molecule is O=C(NC1CCOc2ccccc21)c1nc(Cl)ccc1Cl. The van der Waals surface area contributed by atoms with Gasteiger partial charge in [0.15, 0.2) is 0 Å². The Morgan fingerprint density at radius 3 is 2.90 bits per heavy atom. The second kappa shape index (κ2) is 5.92. The summed E-state index contributed by atoms with van der Waals surface area (Å²) < 4.78 is 5.57. The fraction of sp³-hybridized carbons (Fsp3) is 0.200. The van der Waals surface area contributed by atoms with Crippen LogP contribution in [0.3, 0.4) is 0 Å². The Kier molecular flexibility index (Phi) is 3.99. The van der Waals surface area contributed by atoms with Crippen molar-refractivity contribution >= 4 is 29.1 Å². The molecule has 1 aromatic heterocycles. The summed E-state index contributed by atoms with van der Waals surface area (Å²) in [5.41, 5.74) is 1.09. The number of hydrogen-bond acceptors (Lipinski definition) is 3. The van der Waals surface area contributed by atoms with Gasteiger partial charge in [-0.05, 0) is 18.2 Å². The number of amides is 1. The number of carbonyl (C=O) groups is 1. The normalized spacial score (nSPS) is 16.8. The van der Waals surface area contributed by atoms with Crippen LogP contribution in [0.1, 0.15) is 28.5 Å². The number of aromatic nitrogens is 1. The van der Waals surface area contributed by atoms with Gasteiger partial charge in [0.2, 0.25) is 0 Å². The third-order valence-electron chi connectivity index (χ3n) is 3.29. The summed E-state index contributed by atoms with van der Waals surface area (Å²) in [4.78, 5) is 16.3. The van der Waals surface area contributed by atoms with Crippen LogP contribution in [0, 0.1) is 0 Å². The first-order chi connectivity index (χ1) is 10.1. The van der Waals surface area contributed by atoms with Gasteiger partial charge in [-0.15, -0.1) is 0 Å². The van der Waals surface area contributed by atoms with E-state index in [1.165, 1.54) is 0 Å². The average Bonchev–Trinajstić information content (AvgIpc) is 2.50. The van der Waals surface area contributed by atoms with Crippen LogP contribution in [0.5, 0.6) is 5.75 Å². The molecule has 1 unspecified atom stereocenters. The average molecular weight is 323 g/mol. The minimum atomic E-state index is -0.343. The third kappa shape index (κ3) is 2.96. The van der Waals surface area contributed by atoms with Crippen molar-refractivity contribution in [3.8, 4) is 5.75 Å². The number of halogens is 2. The van der Waals surface area contributed by atoms with Crippen LogP contribution < -0.4 is 10.1 Å². The molecule has 1 N–H and O–H groups in total. The molecule has 0 aliphatic carbocycles. The van der Waals surface area contributed by atoms with E-state index in [0.717, 1.165) is 11.3 Å². The Morgan fingerprint density at radius 1 is 1.24 bits per heavy atom. The summed E-state index contributed by atoms with van der Waals surface area (Å²) >= 11 is 11.8. The molecule has 6 heteroatoms. The minimum absolute atomic E-state index is 0.126. The van der Waals surface area contributed by atoms with Crippen LogP contribution >= 0.6 is 23.2 Å². The molecule has 2 aromatic rings. The predicted octanol–water partition coefficient (Wildman–Crippen LogP) is 3.64. The monoisotopic (exact) mass is 322 g/mol. The zero-order chi connectivity index (χ0) is 14.8. The summed E-state index contributed by atoms with van der Waals surface area (Å²) in [5.74, 6) is 0.448. The van der Waals surface area contributed by atoms with Gasteiger partial charge in [0.1, 0.15) is 16.6 Å². The van der Waals surface area contributed by atoms with Crippen LogP contribution in [0.15, 0.2) is 36.4 Å². The van der Waals surface area contributed by atoms with E-state index in [1.54, 1.807) is 12.1 Å². The number of nitrogens with zero attached hydrogens (tertiary/aromatic N) is 1. The van der Waals surface area contributed by atoms with Crippen molar-refractivity contribution in [1.82, 2.24) is 10.3 Å². The second-order valence-electron chi connectivity index (χ2n) is 4.67. The number of benzene rings is 1. The fourth-order valence-electron chi connectivity index (χ4n) is 2.30. The Morgan fingerprint density at radius 2 is 2.05 bits per heavy atom. The van der Waals surface area contributed by atoms with Gasteiger partial charge in [-0.25, -0.2) is 4.98 Å². The molecule has 0 fully saturated rings. The molecule has 1 atom stereocenters. The number of carbonyl (C=O) groups excluding carboxylic acids is 1. The van der Waals surface area contributed by atoms with Crippen LogP contribution in [-0.4, -0.2) is 17.5 Å². The summed E-state index contributed by atoms with van der Waals surface area (Å²) in [6, 6.07) is 10.6. The second-order valence-corrected chi connectivity index (χ2v) is 5.46. The minimum Gasteiger partial charge on any atom is -0.493 e. The molecular weight excluding hydrogens is 311 g/mol. The van der Waals surface area contributed by atoms with E-state index < -0.39 is 0 Å². The van der Waals surface area contributed by atoms with Crippen LogP contribution in [0.25, 0.3) is 0 Å². The van der Waals surface area contributed by atoms with Gasteiger partial charge in [0.25, 0.3) is 5.91 Å². The number of rotatable bonds is 2. The predicted molar refractivity (Wildman–Crippen MR) is 81.0 cm³/mol. The van der Waals surface area contributed by atoms with E-state index in [0.29, 0.717) is 13.0 Å². The lowest BCUT2D eigenvalue weighted by Crippen LogP contribution is -2.32. The summed E-state index contributed by atoms with van der Waals surface area (Å²) in [7, 11) is 0. The molecule has 0 bridgehead atoms. The van der Waals surface area contributed by atoms with E-state index in [-0.39, 0.29) is 27.8 Å². The number of hydrogen-bond donors (Lipinski definition) is 1. The van der Waals surface area contributed by atoms with Gasteiger partial charge < -0.3 is 10.1 Å². The lowest BCUT2D eigenvalue weighted by atomic mass is 10.0. The topological polar surface area (TPSA) is 51.2 Å². The highest BCUT2D eigenvalue weighted by atomic mass is 35.5. The number of para-hydroxylation sites is 1. The van der Waals surface area contributed by atoms with Crippen molar-refractivity contribution < 1.29 is 9.53 Å². The van der Waals surface area contributed by atoms with Gasteiger partial charge in [0, 0.05) is 12.0 Å². The highest BCUT2D eigenvalue weighted by molar-refractivity contribution is 6.34. The first-order valence-corrected chi connectivity index (χ1v) is 7.25. The van der Waals surface area contributed by atoms with E-state index in [2.05, 4.69) is 10.3 Å².